The van der Waals surface area contributed by atoms with Crippen LogP contribution in [0.25, 0.3) is 0 Å². The highest BCUT2D eigenvalue weighted by atomic mass is 16.5. The topological polar surface area (TPSA) is 84.7 Å². The molecule has 3 unspecified atom stereocenters. The number of nitrogens with zero attached hydrogens (tertiary/aromatic N) is 1. The molecule has 0 spiro atoms. The van der Waals surface area contributed by atoms with Crippen molar-refractivity contribution in [2.24, 2.45) is 11.7 Å². The van der Waals surface area contributed by atoms with Crippen molar-refractivity contribution in [2.45, 2.75) is 44.8 Å². The second-order valence-electron chi connectivity index (χ2n) is 5.84. The fourth-order valence-electron chi connectivity index (χ4n) is 2.93. The zero-order valence-electron chi connectivity index (χ0n) is 12.1. The van der Waals surface area contributed by atoms with E-state index in [0.29, 0.717) is 19.6 Å². The summed E-state index contributed by atoms with van der Waals surface area (Å²) in [6, 6.07) is 0.183. The Morgan fingerprint density at radius 1 is 1.35 bits per heavy atom. The summed E-state index contributed by atoms with van der Waals surface area (Å²) in [6.45, 7) is 4.32. The van der Waals surface area contributed by atoms with E-state index in [-0.39, 0.29) is 29.9 Å². The number of rotatable bonds is 5. The molecule has 0 aromatic rings. The van der Waals surface area contributed by atoms with Gasteiger partial charge in [0.15, 0.2) is 0 Å². The summed E-state index contributed by atoms with van der Waals surface area (Å²) < 4.78 is 5.50. The van der Waals surface area contributed by atoms with Crippen molar-refractivity contribution >= 4 is 11.8 Å². The molecule has 114 valence electrons. The van der Waals surface area contributed by atoms with Crippen molar-refractivity contribution in [3.63, 3.8) is 0 Å². The van der Waals surface area contributed by atoms with E-state index in [1.807, 2.05) is 6.92 Å². The molecule has 20 heavy (non-hydrogen) atoms. The molecule has 3 N–H and O–H groups in total. The van der Waals surface area contributed by atoms with Crippen LogP contribution in [0.3, 0.4) is 0 Å². The van der Waals surface area contributed by atoms with Crippen molar-refractivity contribution in [1.82, 2.24) is 10.2 Å². The van der Waals surface area contributed by atoms with Crippen LogP contribution in [0.15, 0.2) is 0 Å². The molecule has 2 heterocycles. The molecule has 2 aliphatic heterocycles. The first-order valence-corrected chi connectivity index (χ1v) is 7.49. The molecule has 0 radical (unpaired) electrons. The van der Waals surface area contributed by atoms with Crippen LogP contribution in [0.4, 0.5) is 0 Å². The first-order valence-electron chi connectivity index (χ1n) is 7.49. The van der Waals surface area contributed by atoms with E-state index in [4.69, 9.17) is 10.5 Å². The predicted octanol–water partition coefficient (Wildman–Crippen LogP) is -0.133. The van der Waals surface area contributed by atoms with Gasteiger partial charge in [0.05, 0.1) is 18.6 Å². The first-order chi connectivity index (χ1) is 9.58. The molecule has 0 aliphatic carbocycles. The molecule has 2 rings (SSSR count). The second kappa shape index (κ2) is 7.04. The minimum Gasteiger partial charge on any atom is -0.377 e. The van der Waals surface area contributed by atoms with Crippen molar-refractivity contribution < 1.29 is 14.3 Å². The molecule has 2 aliphatic rings. The number of likely N-dealkylation sites (tertiary alicyclic amines) is 1. The van der Waals surface area contributed by atoms with Crippen LogP contribution in [-0.4, -0.2) is 55.1 Å². The maximum absolute atomic E-state index is 12.2. The molecular formula is C14H25N3O3. The van der Waals surface area contributed by atoms with E-state index in [2.05, 4.69) is 5.32 Å². The van der Waals surface area contributed by atoms with Crippen molar-refractivity contribution in [2.75, 3.05) is 26.2 Å². The Kier molecular flexibility index (Phi) is 5.37. The third-order valence-electron chi connectivity index (χ3n) is 4.28. The summed E-state index contributed by atoms with van der Waals surface area (Å²) in [7, 11) is 0. The summed E-state index contributed by atoms with van der Waals surface area (Å²) >= 11 is 0. The van der Waals surface area contributed by atoms with Gasteiger partial charge in [0.2, 0.25) is 11.8 Å². The van der Waals surface area contributed by atoms with Gasteiger partial charge in [-0.1, -0.05) is 0 Å². The van der Waals surface area contributed by atoms with Gasteiger partial charge >= 0.3 is 0 Å². The van der Waals surface area contributed by atoms with Gasteiger partial charge in [0, 0.05) is 25.7 Å². The number of primary amides is 1. The Hall–Kier alpha value is -1.14. The van der Waals surface area contributed by atoms with Crippen LogP contribution in [-0.2, 0) is 14.3 Å². The lowest BCUT2D eigenvalue weighted by molar-refractivity contribution is -0.136. The maximum Gasteiger partial charge on any atom is 0.236 e. The number of carbonyl (C=O) groups excluding carboxylic acids is 2. The van der Waals surface area contributed by atoms with Gasteiger partial charge in [-0.2, -0.15) is 0 Å². The van der Waals surface area contributed by atoms with E-state index in [1.54, 1.807) is 4.90 Å². The van der Waals surface area contributed by atoms with Gasteiger partial charge in [0.25, 0.3) is 0 Å². The quantitative estimate of drug-likeness (QED) is 0.736. The summed E-state index contributed by atoms with van der Waals surface area (Å²) in [6.07, 6.45) is 4.02. The summed E-state index contributed by atoms with van der Waals surface area (Å²) in [5.41, 5.74) is 5.35. The van der Waals surface area contributed by atoms with Crippen LogP contribution in [0.1, 0.15) is 32.6 Å². The van der Waals surface area contributed by atoms with E-state index < -0.39 is 0 Å². The minimum absolute atomic E-state index is 0.0430. The zero-order valence-corrected chi connectivity index (χ0v) is 12.1. The number of nitrogens with one attached hydrogen (secondary N) is 1. The van der Waals surface area contributed by atoms with E-state index in [9.17, 15) is 9.59 Å². The van der Waals surface area contributed by atoms with Crippen molar-refractivity contribution in [3.05, 3.63) is 0 Å². The lowest BCUT2D eigenvalue weighted by Crippen LogP contribution is -2.51. The van der Waals surface area contributed by atoms with Gasteiger partial charge < -0.3 is 20.7 Å². The van der Waals surface area contributed by atoms with Crippen LogP contribution in [0, 0.1) is 5.92 Å². The number of hydrogen-bond donors (Lipinski definition) is 2. The summed E-state index contributed by atoms with van der Waals surface area (Å²) in [5, 5.41) is 3.16. The lowest BCUT2D eigenvalue weighted by Gasteiger charge is -2.37. The second-order valence-corrected chi connectivity index (χ2v) is 5.84. The molecule has 0 aromatic heterocycles. The molecule has 3 atom stereocenters. The highest BCUT2D eigenvalue weighted by Gasteiger charge is 2.31. The van der Waals surface area contributed by atoms with Gasteiger partial charge in [-0.05, 0) is 32.6 Å². The first kappa shape index (κ1) is 15.3. The van der Waals surface area contributed by atoms with Crippen molar-refractivity contribution in [3.8, 4) is 0 Å². The largest absolute Gasteiger partial charge is 0.377 e. The third-order valence-corrected chi connectivity index (χ3v) is 4.28. The van der Waals surface area contributed by atoms with Crippen LogP contribution < -0.4 is 11.1 Å². The molecule has 0 bridgehead atoms. The predicted molar refractivity (Wildman–Crippen MR) is 74.9 cm³/mol. The Balaban J connectivity index is 1.76. The molecular weight excluding hydrogens is 258 g/mol. The van der Waals surface area contributed by atoms with Crippen LogP contribution >= 0.6 is 0 Å². The SMILES string of the molecule is CC1CCC(C(N)=O)CN1C(=O)CNCC1CCCO1. The molecule has 2 saturated heterocycles. The number of piperidine rings is 1. The Morgan fingerprint density at radius 2 is 2.15 bits per heavy atom. The highest BCUT2D eigenvalue weighted by molar-refractivity contribution is 5.81. The van der Waals surface area contributed by atoms with Crippen LogP contribution in [0.5, 0.6) is 0 Å². The summed E-state index contributed by atoms with van der Waals surface area (Å²) in [4.78, 5) is 25.3. The maximum atomic E-state index is 12.2. The average Bonchev–Trinajstić information content (AvgIpc) is 2.92. The van der Waals surface area contributed by atoms with Crippen LogP contribution in [0.2, 0.25) is 0 Å². The molecule has 2 fully saturated rings. The Bertz CT molecular complexity index is 356. The fourth-order valence-corrected chi connectivity index (χ4v) is 2.93. The van der Waals surface area contributed by atoms with E-state index in [0.717, 1.165) is 32.3 Å². The molecule has 0 saturated carbocycles. The number of amides is 2. The number of nitrogens with two attached hydrogens (primary N) is 1. The fraction of sp³-hybridized carbons (Fsp3) is 0.857. The number of carbonyl (C=O) groups is 2. The van der Waals surface area contributed by atoms with Gasteiger partial charge in [-0.25, -0.2) is 0 Å². The normalized spacial score (nSPS) is 30.4. The molecule has 0 aromatic carbocycles. The monoisotopic (exact) mass is 283 g/mol. The Labute approximate surface area is 120 Å². The van der Waals surface area contributed by atoms with E-state index in [1.165, 1.54) is 0 Å². The third kappa shape index (κ3) is 3.93. The standard InChI is InChI=1S/C14H25N3O3/c1-10-4-5-11(14(15)19)9-17(10)13(18)8-16-7-12-3-2-6-20-12/h10-12,16H,2-9H2,1H3,(H2,15,19). The van der Waals surface area contributed by atoms with Crippen molar-refractivity contribution in [1.29, 1.82) is 0 Å². The van der Waals surface area contributed by atoms with Gasteiger partial charge in [0.1, 0.15) is 0 Å². The van der Waals surface area contributed by atoms with Gasteiger partial charge in [-0.15, -0.1) is 0 Å². The highest BCUT2D eigenvalue weighted by Crippen LogP contribution is 2.21. The summed E-state index contributed by atoms with van der Waals surface area (Å²) in [5.74, 6) is -0.461. The number of hydrogen-bond acceptors (Lipinski definition) is 4. The zero-order chi connectivity index (χ0) is 14.5. The lowest BCUT2D eigenvalue weighted by atomic mass is 9.93. The van der Waals surface area contributed by atoms with Gasteiger partial charge in [-0.3, -0.25) is 9.59 Å². The molecule has 6 heteroatoms. The van der Waals surface area contributed by atoms with E-state index >= 15 is 0 Å². The smallest absolute Gasteiger partial charge is 0.236 e. The minimum atomic E-state index is -0.304. The molecule has 6 nitrogen and oxygen atoms in total. The number of ether oxygens (including phenoxy) is 1. The molecule has 2 amide bonds. The Morgan fingerprint density at radius 3 is 2.80 bits per heavy atom. The average molecular weight is 283 g/mol.